The van der Waals surface area contributed by atoms with Crippen molar-refractivity contribution in [2.24, 2.45) is 5.92 Å². The van der Waals surface area contributed by atoms with E-state index in [0.717, 1.165) is 69.9 Å². The Morgan fingerprint density at radius 1 is 1.05 bits per heavy atom. The first-order chi connectivity index (χ1) is 20.2. The lowest BCUT2D eigenvalue weighted by Gasteiger charge is -2.41. The van der Waals surface area contributed by atoms with Crippen LogP contribution in [0.5, 0.6) is 0 Å². The minimum Gasteiger partial charge on any atom is -0.444 e. The van der Waals surface area contributed by atoms with Gasteiger partial charge in [-0.15, -0.1) is 0 Å². The van der Waals surface area contributed by atoms with Crippen molar-refractivity contribution < 1.29 is 19.1 Å². The number of nitrogens with zero attached hydrogens (tertiary/aromatic N) is 6. The Labute approximate surface area is 248 Å². The predicted octanol–water partition coefficient (Wildman–Crippen LogP) is 3.99. The smallest absolute Gasteiger partial charge is 0.410 e. The molecule has 4 fully saturated rings. The van der Waals surface area contributed by atoms with E-state index >= 15 is 0 Å². The van der Waals surface area contributed by atoms with Crippen molar-refractivity contribution in [3.05, 3.63) is 36.4 Å². The van der Waals surface area contributed by atoms with Crippen LogP contribution in [0.2, 0.25) is 0 Å². The third kappa shape index (κ3) is 6.30. The summed E-state index contributed by atoms with van der Waals surface area (Å²) in [6.07, 6.45) is 11.5. The highest BCUT2D eigenvalue weighted by Gasteiger charge is 2.49. The first-order valence-corrected chi connectivity index (χ1v) is 15.4. The number of rotatable bonds is 8. The monoisotopic (exact) mass is 577 g/mol. The van der Waals surface area contributed by atoms with Gasteiger partial charge in [0.25, 0.3) is 0 Å². The van der Waals surface area contributed by atoms with E-state index in [9.17, 15) is 9.59 Å². The van der Waals surface area contributed by atoms with Gasteiger partial charge in [-0.1, -0.05) is 0 Å². The normalized spacial score (nSPS) is 21.9. The Hall–Kier alpha value is -3.47. The van der Waals surface area contributed by atoms with Gasteiger partial charge in [0.1, 0.15) is 16.8 Å². The number of aromatic nitrogens is 3. The van der Waals surface area contributed by atoms with Crippen molar-refractivity contribution in [3.63, 3.8) is 0 Å². The van der Waals surface area contributed by atoms with Crippen LogP contribution >= 0.6 is 0 Å². The molecule has 226 valence electrons. The number of amides is 2. The standard InChI is InChI=1S/C31H43N7O4/c1-30(2,3)42-29(40)38(18-22-8-9-22)24-7-6-14-37(19-24)23-10-11-25(33-15-23)31(20-41-21-31)28(39)35-26-16-32-17-27(34-26)36-12-4-5-13-36/h10-11,15-17,22,24H,4-9,12-14,18-21H2,1-3H3,(H,34,35,39)/t24-/m1/s1. The summed E-state index contributed by atoms with van der Waals surface area (Å²) in [4.78, 5) is 46.8. The van der Waals surface area contributed by atoms with Gasteiger partial charge in [-0.2, -0.15) is 0 Å². The number of nitrogens with one attached hydrogen (secondary N) is 1. The van der Waals surface area contributed by atoms with Gasteiger partial charge in [0.2, 0.25) is 5.91 Å². The molecule has 5 heterocycles. The Kier molecular flexibility index (Phi) is 7.95. The topological polar surface area (TPSA) is 113 Å². The van der Waals surface area contributed by atoms with E-state index in [4.69, 9.17) is 14.5 Å². The largest absolute Gasteiger partial charge is 0.444 e. The number of carbonyl (C=O) groups excluding carboxylic acids is 2. The second-order valence-corrected chi connectivity index (χ2v) is 13.2. The molecule has 0 radical (unpaired) electrons. The predicted molar refractivity (Wildman–Crippen MR) is 160 cm³/mol. The molecule has 4 aliphatic rings. The van der Waals surface area contributed by atoms with E-state index in [0.29, 0.717) is 17.4 Å². The van der Waals surface area contributed by atoms with Gasteiger partial charge in [-0.3, -0.25) is 14.8 Å². The Bertz CT molecular complexity index is 1270. The summed E-state index contributed by atoms with van der Waals surface area (Å²) in [7, 11) is 0. The lowest BCUT2D eigenvalue weighted by molar-refractivity contribution is -0.140. The van der Waals surface area contributed by atoms with E-state index < -0.39 is 11.0 Å². The Balaban J connectivity index is 1.13. The molecule has 1 saturated carbocycles. The van der Waals surface area contributed by atoms with Crippen LogP contribution in [0.15, 0.2) is 30.7 Å². The van der Waals surface area contributed by atoms with Crippen molar-refractivity contribution in [2.45, 2.75) is 76.4 Å². The van der Waals surface area contributed by atoms with Crippen LogP contribution in [0.25, 0.3) is 0 Å². The van der Waals surface area contributed by atoms with E-state index in [1.54, 1.807) is 12.4 Å². The van der Waals surface area contributed by atoms with Crippen molar-refractivity contribution in [2.75, 3.05) is 61.1 Å². The van der Waals surface area contributed by atoms with Crippen molar-refractivity contribution in [1.82, 2.24) is 19.9 Å². The maximum atomic E-state index is 13.5. The van der Waals surface area contributed by atoms with Crippen LogP contribution in [-0.4, -0.2) is 89.4 Å². The molecule has 11 heteroatoms. The number of pyridine rings is 1. The fourth-order valence-corrected chi connectivity index (χ4v) is 6.02. The van der Waals surface area contributed by atoms with Gasteiger partial charge >= 0.3 is 6.09 Å². The first-order valence-electron chi connectivity index (χ1n) is 15.4. The molecule has 2 aromatic rings. The molecular formula is C31H43N7O4. The number of hydrogen-bond acceptors (Lipinski definition) is 9. The Morgan fingerprint density at radius 2 is 1.81 bits per heavy atom. The van der Waals surface area contributed by atoms with Gasteiger partial charge in [0, 0.05) is 32.7 Å². The minimum atomic E-state index is -0.869. The van der Waals surface area contributed by atoms with Crippen LogP contribution in [0.3, 0.4) is 0 Å². The molecule has 3 saturated heterocycles. The van der Waals surface area contributed by atoms with Crippen LogP contribution in [-0.2, 0) is 19.7 Å². The maximum absolute atomic E-state index is 13.5. The van der Waals surface area contributed by atoms with Gasteiger partial charge < -0.3 is 29.5 Å². The summed E-state index contributed by atoms with van der Waals surface area (Å²) in [6, 6.07) is 4.05. The molecule has 42 heavy (non-hydrogen) atoms. The summed E-state index contributed by atoms with van der Waals surface area (Å²) in [5.74, 6) is 1.61. The van der Waals surface area contributed by atoms with E-state index in [1.807, 2.05) is 44.0 Å². The van der Waals surface area contributed by atoms with Crippen molar-refractivity contribution in [1.29, 1.82) is 0 Å². The van der Waals surface area contributed by atoms with Crippen LogP contribution in [0, 0.1) is 5.92 Å². The summed E-state index contributed by atoms with van der Waals surface area (Å²) in [5, 5.41) is 2.97. The highest BCUT2D eigenvalue weighted by molar-refractivity contribution is 5.99. The number of hydrogen-bond donors (Lipinski definition) is 1. The highest BCUT2D eigenvalue weighted by atomic mass is 16.6. The fraction of sp³-hybridized carbons (Fsp3) is 0.645. The summed E-state index contributed by atoms with van der Waals surface area (Å²) < 4.78 is 11.3. The second kappa shape index (κ2) is 11.7. The summed E-state index contributed by atoms with van der Waals surface area (Å²) >= 11 is 0. The van der Waals surface area contributed by atoms with Crippen LogP contribution < -0.4 is 15.1 Å². The van der Waals surface area contributed by atoms with Gasteiger partial charge in [-0.25, -0.2) is 9.78 Å². The molecule has 6 rings (SSSR count). The zero-order valence-electron chi connectivity index (χ0n) is 25.1. The van der Waals surface area contributed by atoms with Crippen molar-refractivity contribution >= 4 is 29.3 Å². The third-order valence-corrected chi connectivity index (χ3v) is 8.65. The quantitative estimate of drug-likeness (QED) is 0.498. The molecule has 1 N–H and O–H groups in total. The van der Waals surface area contributed by atoms with E-state index in [2.05, 4.69) is 25.1 Å². The fourth-order valence-electron chi connectivity index (χ4n) is 6.02. The number of anilines is 3. The minimum absolute atomic E-state index is 0.0865. The zero-order chi connectivity index (χ0) is 29.3. The van der Waals surface area contributed by atoms with Crippen LogP contribution in [0.1, 0.15) is 65.0 Å². The SMILES string of the molecule is CC(C)(C)OC(=O)N(CC1CC1)[C@@H]1CCCN(c2ccc(C3(C(=O)Nc4cncc(N5CCCC5)n4)COC3)nc2)C1. The maximum Gasteiger partial charge on any atom is 0.410 e. The van der Waals surface area contributed by atoms with E-state index in [1.165, 1.54) is 12.8 Å². The number of ether oxygens (including phenoxy) is 2. The number of carbonyl (C=O) groups is 2. The summed E-state index contributed by atoms with van der Waals surface area (Å²) in [5.41, 5.74) is 0.269. The second-order valence-electron chi connectivity index (χ2n) is 13.2. The molecular weight excluding hydrogens is 534 g/mol. The van der Waals surface area contributed by atoms with Crippen molar-refractivity contribution in [3.8, 4) is 0 Å². The first kappa shape index (κ1) is 28.6. The van der Waals surface area contributed by atoms with E-state index in [-0.39, 0.29) is 31.3 Å². The van der Waals surface area contributed by atoms with Crippen LogP contribution in [0.4, 0.5) is 22.1 Å². The van der Waals surface area contributed by atoms with Gasteiger partial charge in [0.15, 0.2) is 5.82 Å². The molecule has 0 unspecified atom stereocenters. The third-order valence-electron chi connectivity index (χ3n) is 8.65. The highest BCUT2D eigenvalue weighted by Crippen LogP contribution is 2.35. The number of piperidine rings is 1. The molecule has 11 nitrogen and oxygen atoms in total. The molecule has 2 amide bonds. The summed E-state index contributed by atoms with van der Waals surface area (Å²) in [6.45, 7) is 10.6. The van der Waals surface area contributed by atoms with Gasteiger partial charge in [-0.05, 0) is 77.3 Å². The van der Waals surface area contributed by atoms with Gasteiger partial charge in [0.05, 0.1) is 49.2 Å². The molecule has 2 aromatic heterocycles. The molecule has 0 bridgehead atoms. The molecule has 3 aliphatic heterocycles. The molecule has 1 aliphatic carbocycles. The lowest BCUT2D eigenvalue weighted by atomic mass is 9.81. The average Bonchev–Trinajstić information content (AvgIpc) is 3.59. The molecule has 1 atom stereocenters. The Morgan fingerprint density at radius 3 is 2.45 bits per heavy atom. The molecule has 0 aromatic carbocycles. The lowest BCUT2D eigenvalue weighted by Crippen LogP contribution is -2.56. The average molecular weight is 578 g/mol. The zero-order valence-corrected chi connectivity index (χ0v) is 25.1. The molecule has 0 spiro atoms.